The zero-order chi connectivity index (χ0) is 21.8. The van der Waals surface area contributed by atoms with Crippen molar-refractivity contribution in [1.82, 2.24) is 4.98 Å². The molecule has 0 aliphatic heterocycles. The van der Waals surface area contributed by atoms with Crippen molar-refractivity contribution in [3.05, 3.63) is 84.1 Å². The number of hydrogen-bond donors (Lipinski definition) is 1. The molecule has 6 nitrogen and oxygen atoms in total. The number of hydrogen-bond acceptors (Lipinski definition) is 5. The fourth-order valence-corrected chi connectivity index (χ4v) is 3.17. The van der Waals surface area contributed by atoms with Crippen molar-refractivity contribution in [2.45, 2.75) is 6.92 Å². The van der Waals surface area contributed by atoms with E-state index in [1.807, 2.05) is 55.5 Å². The lowest BCUT2D eigenvalue weighted by atomic mass is 10.1. The van der Waals surface area contributed by atoms with Crippen molar-refractivity contribution >= 4 is 11.6 Å². The van der Waals surface area contributed by atoms with Crippen LogP contribution in [0.25, 0.3) is 22.7 Å². The Hall–Kier alpha value is -4.06. The Bertz CT molecular complexity index is 1210. The molecule has 0 atom stereocenters. The van der Waals surface area contributed by atoms with Gasteiger partial charge in [0.25, 0.3) is 5.91 Å². The molecule has 1 N–H and O–H groups in total. The van der Waals surface area contributed by atoms with Gasteiger partial charge in [0, 0.05) is 22.4 Å². The first-order valence-corrected chi connectivity index (χ1v) is 9.74. The van der Waals surface area contributed by atoms with Crippen LogP contribution in [0.5, 0.6) is 11.5 Å². The smallest absolute Gasteiger partial charge is 0.255 e. The third-order valence-electron chi connectivity index (χ3n) is 4.86. The van der Waals surface area contributed by atoms with E-state index in [2.05, 4.69) is 10.3 Å². The first kappa shape index (κ1) is 20.2. The van der Waals surface area contributed by atoms with Gasteiger partial charge in [0.15, 0.2) is 11.5 Å². The molecule has 0 unspecified atom stereocenters. The lowest BCUT2D eigenvalue weighted by molar-refractivity contribution is 0.102. The molecule has 0 saturated heterocycles. The number of carbonyl (C=O) groups is 1. The van der Waals surface area contributed by atoms with Crippen LogP contribution in [0, 0.1) is 6.92 Å². The molecule has 1 heterocycles. The summed E-state index contributed by atoms with van der Waals surface area (Å²) in [5, 5.41) is 2.90. The highest BCUT2D eigenvalue weighted by atomic mass is 16.5. The van der Waals surface area contributed by atoms with Gasteiger partial charge in [-0.15, -0.1) is 0 Å². The average Bonchev–Trinajstić information content (AvgIpc) is 3.29. The molecule has 0 saturated carbocycles. The van der Waals surface area contributed by atoms with Crippen molar-refractivity contribution in [3.63, 3.8) is 0 Å². The molecule has 0 bridgehead atoms. The highest BCUT2D eigenvalue weighted by Crippen LogP contribution is 2.29. The molecule has 0 radical (unpaired) electrons. The predicted molar refractivity (Wildman–Crippen MR) is 120 cm³/mol. The van der Waals surface area contributed by atoms with Gasteiger partial charge in [-0.2, -0.15) is 0 Å². The standard InChI is InChI=1S/C25H22N2O4/c1-16-7-9-17(10-8-16)21-15-31-25(27-21)19-5-4-6-20(13-19)26-24(28)18-11-12-22(29-2)23(14-18)30-3/h4-15H,1-3H3,(H,26,28). The number of ether oxygens (including phenoxy) is 2. The number of oxazole rings is 1. The van der Waals surface area contributed by atoms with Crippen molar-refractivity contribution in [3.8, 4) is 34.2 Å². The summed E-state index contributed by atoms with van der Waals surface area (Å²) in [4.78, 5) is 17.3. The van der Waals surface area contributed by atoms with Crippen LogP contribution in [0.4, 0.5) is 5.69 Å². The maximum absolute atomic E-state index is 12.7. The topological polar surface area (TPSA) is 73.6 Å². The van der Waals surface area contributed by atoms with Crippen LogP contribution in [0.1, 0.15) is 15.9 Å². The molecule has 1 aromatic heterocycles. The highest BCUT2D eigenvalue weighted by Gasteiger charge is 2.13. The van der Waals surface area contributed by atoms with Crippen LogP contribution in [-0.2, 0) is 0 Å². The molecule has 0 fully saturated rings. The largest absolute Gasteiger partial charge is 0.493 e. The monoisotopic (exact) mass is 414 g/mol. The molecule has 3 aromatic carbocycles. The Kier molecular flexibility index (Phi) is 5.71. The third kappa shape index (κ3) is 4.43. The number of methoxy groups -OCH3 is 2. The lowest BCUT2D eigenvalue weighted by Crippen LogP contribution is -2.12. The Labute approximate surface area is 180 Å². The maximum Gasteiger partial charge on any atom is 0.255 e. The van der Waals surface area contributed by atoms with Gasteiger partial charge in [0.05, 0.1) is 14.2 Å². The number of aromatic nitrogens is 1. The minimum Gasteiger partial charge on any atom is -0.493 e. The predicted octanol–water partition coefficient (Wildman–Crippen LogP) is 5.59. The summed E-state index contributed by atoms with van der Waals surface area (Å²) in [7, 11) is 3.08. The summed E-state index contributed by atoms with van der Waals surface area (Å²) in [5.41, 5.74) is 4.79. The normalized spacial score (nSPS) is 10.5. The van der Waals surface area contributed by atoms with E-state index >= 15 is 0 Å². The Morgan fingerprint density at radius 2 is 1.68 bits per heavy atom. The first-order valence-electron chi connectivity index (χ1n) is 9.74. The SMILES string of the molecule is COc1ccc(C(=O)Nc2cccc(-c3nc(-c4ccc(C)cc4)co3)c2)cc1OC. The minimum absolute atomic E-state index is 0.258. The Morgan fingerprint density at radius 1 is 0.903 bits per heavy atom. The van der Waals surface area contributed by atoms with Crippen LogP contribution < -0.4 is 14.8 Å². The molecule has 6 heteroatoms. The van der Waals surface area contributed by atoms with Crippen molar-refractivity contribution in [2.75, 3.05) is 19.5 Å². The fraction of sp³-hybridized carbons (Fsp3) is 0.120. The molecule has 0 aliphatic carbocycles. The molecule has 156 valence electrons. The Balaban J connectivity index is 1.54. The summed E-state index contributed by atoms with van der Waals surface area (Å²) < 4.78 is 16.2. The summed E-state index contributed by atoms with van der Waals surface area (Å²) in [6.07, 6.45) is 1.63. The van der Waals surface area contributed by atoms with Gasteiger partial charge >= 0.3 is 0 Å². The second-order valence-corrected chi connectivity index (χ2v) is 7.01. The highest BCUT2D eigenvalue weighted by molar-refractivity contribution is 6.04. The molecule has 4 aromatic rings. The zero-order valence-electron chi connectivity index (χ0n) is 17.5. The summed E-state index contributed by atoms with van der Waals surface area (Å²) in [6, 6.07) is 20.5. The van der Waals surface area contributed by atoms with E-state index in [0.717, 1.165) is 16.8 Å². The molecule has 1 amide bonds. The second kappa shape index (κ2) is 8.75. The number of nitrogens with one attached hydrogen (secondary N) is 1. The minimum atomic E-state index is -0.258. The molecular formula is C25H22N2O4. The van der Waals surface area contributed by atoms with Gasteiger partial charge in [0.1, 0.15) is 12.0 Å². The summed E-state index contributed by atoms with van der Waals surface area (Å²) in [6.45, 7) is 2.04. The van der Waals surface area contributed by atoms with Crippen LogP contribution >= 0.6 is 0 Å². The molecule has 0 aliphatic rings. The van der Waals surface area contributed by atoms with Gasteiger partial charge < -0.3 is 19.2 Å². The van der Waals surface area contributed by atoms with Crippen molar-refractivity contribution in [1.29, 1.82) is 0 Å². The number of anilines is 1. The van der Waals surface area contributed by atoms with Gasteiger partial charge in [-0.3, -0.25) is 4.79 Å². The van der Waals surface area contributed by atoms with Crippen molar-refractivity contribution < 1.29 is 18.7 Å². The van der Waals surface area contributed by atoms with E-state index in [1.54, 1.807) is 31.6 Å². The van der Waals surface area contributed by atoms with Crippen LogP contribution in [0.15, 0.2) is 77.4 Å². The van der Waals surface area contributed by atoms with Crippen molar-refractivity contribution in [2.24, 2.45) is 0 Å². The van der Waals surface area contributed by atoms with E-state index in [4.69, 9.17) is 13.9 Å². The zero-order valence-corrected chi connectivity index (χ0v) is 17.5. The van der Waals surface area contributed by atoms with E-state index in [0.29, 0.717) is 28.6 Å². The van der Waals surface area contributed by atoms with E-state index in [1.165, 1.54) is 12.7 Å². The lowest BCUT2D eigenvalue weighted by Gasteiger charge is -2.10. The number of amides is 1. The number of benzene rings is 3. The maximum atomic E-state index is 12.7. The van der Waals surface area contributed by atoms with Gasteiger partial charge in [-0.25, -0.2) is 4.98 Å². The van der Waals surface area contributed by atoms with Crippen LogP contribution in [0.2, 0.25) is 0 Å². The Morgan fingerprint density at radius 3 is 2.42 bits per heavy atom. The number of aryl methyl sites for hydroxylation is 1. The summed E-state index contributed by atoms with van der Waals surface area (Å²) >= 11 is 0. The summed E-state index contributed by atoms with van der Waals surface area (Å²) in [5.74, 6) is 1.28. The molecule has 0 spiro atoms. The van der Waals surface area contributed by atoms with E-state index in [-0.39, 0.29) is 5.91 Å². The molecule has 4 rings (SSSR count). The molecular weight excluding hydrogens is 392 g/mol. The van der Waals surface area contributed by atoms with Gasteiger partial charge in [0.2, 0.25) is 5.89 Å². The van der Waals surface area contributed by atoms with E-state index in [9.17, 15) is 4.79 Å². The van der Waals surface area contributed by atoms with Gasteiger partial charge in [-0.1, -0.05) is 35.9 Å². The second-order valence-electron chi connectivity index (χ2n) is 7.01. The average molecular weight is 414 g/mol. The first-order chi connectivity index (χ1) is 15.1. The third-order valence-corrected chi connectivity index (χ3v) is 4.86. The molecule has 31 heavy (non-hydrogen) atoms. The number of carbonyl (C=O) groups excluding carboxylic acids is 1. The van der Waals surface area contributed by atoms with Gasteiger partial charge in [-0.05, 0) is 43.3 Å². The van der Waals surface area contributed by atoms with Crippen LogP contribution in [0.3, 0.4) is 0 Å². The quantitative estimate of drug-likeness (QED) is 0.445. The number of nitrogens with zero attached hydrogens (tertiary/aromatic N) is 1. The van der Waals surface area contributed by atoms with E-state index < -0.39 is 0 Å². The van der Waals surface area contributed by atoms with Crippen LogP contribution in [-0.4, -0.2) is 25.1 Å². The fourth-order valence-electron chi connectivity index (χ4n) is 3.17. The number of rotatable bonds is 6.